The average Bonchev–Trinajstić information content (AvgIpc) is 1.77. The molecule has 1 aromatic rings. The van der Waals surface area contributed by atoms with Crippen molar-refractivity contribution in [2.75, 3.05) is 0 Å². The fourth-order valence-electron chi connectivity index (χ4n) is 0.587. The fraction of sp³-hybridized carbons (Fsp3) is 0.143. The Morgan fingerprint density at radius 1 is 1.25 bits per heavy atom. The third-order valence-electron chi connectivity index (χ3n) is 1.19. The van der Waals surface area contributed by atoms with Gasteiger partial charge in [-0.25, -0.2) is 0 Å². The normalized spacial score (nSPS) is 9.25. The predicted molar refractivity (Wildman–Crippen MR) is 40.5 cm³/mol. The smallest absolute Gasteiger partial charge is 0.0274 e. The molecule has 1 atom stereocenters. The lowest BCUT2D eigenvalue weighted by Gasteiger charge is -1.93. The lowest BCUT2D eigenvalue weighted by Crippen LogP contribution is -1.92. The van der Waals surface area contributed by atoms with Gasteiger partial charge < -0.3 is 0 Å². The van der Waals surface area contributed by atoms with Crippen molar-refractivity contribution in [3.05, 3.63) is 29.8 Å². The van der Waals surface area contributed by atoms with E-state index in [2.05, 4.69) is 28.3 Å². The maximum Gasteiger partial charge on any atom is -0.0274 e. The topological polar surface area (TPSA) is 0 Å². The van der Waals surface area contributed by atoms with Gasteiger partial charge in [0.25, 0.3) is 0 Å². The van der Waals surface area contributed by atoms with Crippen LogP contribution in [0.2, 0.25) is 0 Å². The van der Waals surface area contributed by atoms with Gasteiger partial charge in [0.2, 0.25) is 0 Å². The van der Waals surface area contributed by atoms with Crippen molar-refractivity contribution in [1.29, 1.82) is 0 Å². The first kappa shape index (κ1) is 5.78. The molecule has 1 rings (SSSR count). The molecule has 0 saturated heterocycles. The van der Waals surface area contributed by atoms with Crippen LogP contribution in [0.1, 0.15) is 5.56 Å². The molecule has 0 radical (unpaired) electrons. The molecule has 1 aromatic carbocycles. The van der Waals surface area contributed by atoms with E-state index in [0.717, 1.165) is 0 Å². The first-order valence-corrected chi connectivity index (χ1v) is 3.19. The number of hydrogen-bond acceptors (Lipinski definition) is 0. The molecule has 8 heavy (non-hydrogen) atoms. The standard InChI is InChI=1S/C7H9P/c1-6-4-2-3-5-7(6)8/h2-5H,8H2,1H3. The van der Waals surface area contributed by atoms with E-state index >= 15 is 0 Å². The van der Waals surface area contributed by atoms with E-state index < -0.39 is 0 Å². The van der Waals surface area contributed by atoms with Gasteiger partial charge in [-0.1, -0.05) is 24.3 Å². The number of rotatable bonds is 0. The Morgan fingerprint density at radius 2 is 1.88 bits per heavy atom. The summed E-state index contributed by atoms with van der Waals surface area (Å²) in [6.07, 6.45) is 0. The minimum atomic E-state index is 1.28. The number of aryl methyl sites for hydroxylation is 1. The minimum Gasteiger partial charge on any atom is -0.105 e. The number of benzene rings is 1. The first-order chi connectivity index (χ1) is 3.80. The highest BCUT2D eigenvalue weighted by Crippen LogP contribution is 1.96. The molecule has 0 amide bonds. The van der Waals surface area contributed by atoms with E-state index in [0.29, 0.717) is 0 Å². The quantitative estimate of drug-likeness (QED) is 0.460. The van der Waals surface area contributed by atoms with Gasteiger partial charge in [-0.3, -0.25) is 0 Å². The molecule has 1 heteroatoms. The molecule has 0 aliphatic carbocycles. The maximum absolute atomic E-state index is 2.69. The molecule has 0 bridgehead atoms. The second kappa shape index (κ2) is 2.28. The van der Waals surface area contributed by atoms with Gasteiger partial charge in [0.15, 0.2) is 0 Å². The zero-order valence-corrected chi connectivity index (χ0v) is 6.04. The van der Waals surface area contributed by atoms with E-state index in [1.54, 1.807) is 0 Å². The third kappa shape index (κ3) is 1.08. The monoisotopic (exact) mass is 124 g/mol. The second-order valence-electron chi connectivity index (χ2n) is 1.86. The molecule has 1 unspecified atom stereocenters. The zero-order valence-electron chi connectivity index (χ0n) is 4.89. The summed E-state index contributed by atoms with van der Waals surface area (Å²) in [5.41, 5.74) is 1.33. The van der Waals surface area contributed by atoms with Crippen molar-refractivity contribution in [2.45, 2.75) is 6.92 Å². The van der Waals surface area contributed by atoms with Crippen LogP contribution in [0, 0.1) is 6.92 Å². The highest BCUT2D eigenvalue weighted by molar-refractivity contribution is 7.27. The summed E-state index contributed by atoms with van der Waals surface area (Å²) in [4.78, 5) is 0. The lowest BCUT2D eigenvalue weighted by atomic mass is 10.2. The average molecular weight is 124 g/mol. The van der Waals surface area contributed by atoms with Crippen LogP contribution in [-0.2, 0) is 0 Å². The fourth-order valence-corrected chi connectivity index (χ4v) is 0.794. The molecular formula is C7H9P. The van der Waals surface area contributed by atoms with Crippen molar-refractivity contribution in [1.82, 2.24) is 0 Å². The largest absolute Gasteiger partial charge is 0.105 e. The molecule has 0 spiro atoms. The molecule has 0 nitrogen and oxygen atoms in total. The Hall–Kier alpha value is -0.350. The molecule has 0 aromatic heterocycles. The van der Waals surface area contributed by atoms with Gasteiger partial charge in [0.05, 0.1) is 0 Å². The summed E-state index contributed by atoms with van der Waals surface area (Å²) >= 11 is 0. The molecule has 0 aliphatic heterocycles. The summed E-state index contributed by atoms with van der Waals surface area (Å²) in [5, 5.41) is 1.28. The van der Waals surface area contributed by atoms with Crippen LogP contribution in [-0.4, -0.2) is 0 Å². The van der Waals surface area contributed by atoms with Crippen LogP contribution >= 0.6 is 9.24 Å². The Bertz CT molecular complexity index is 160. The molecule has 0 aliphatic rings. The van der Waals surface area contributed by atoms with Gasteiger partial charge in [0, 0.05) is 0 Å². The Morgan fingerprint density at radius 3 is 2.25 bits per heavy atom. The van der Waals surface area contributed by atoms with Crippen LogP contribution < -0.4 is 5.30 Å². The van der Waals surface area contributed by atoms with E-state index in [1.165, 1.54) is 10.9 Å². The van der Waals surface area contributed by atoms with Gasteiger partial charge in [-0.05, 0) is 17.8 Å². The summed E-state index contributed by atoms with van der Waals surface area (Å²) in [6, 6.07) is 8.26. The van der Waals surface area contributed by atoms with Crippen LogP contribution in [0.15, 0.2) is 24.3 Å². The Labute approximate surface area is 52.1 Å². The zero-order chi connectivity index (χ0) is 5.98. The number of hydrogen-bond donors (Lipinski definition) is 0. The highest BCUT2D eigenvalue weighted by atomic mass is 31.0. The highest BCUT2D eigenvalue weighted by Gasteiger charge is 1.84. The van der Waals surface area contributed by atoms with Crippen molar-refractivity contribution >= 4 is 14.5 Å². The molecule has 42 valence electrons. The van der Waals surface area contributed by atoms with E-state index in [4.69, 9.17) is 0 Å². The minimum absolute atomic E-state index is 1.28. The SMILES string of the molecule is Cc1ccccc1P. The van der Waals surface area contributed by atoms with Gasteiger partial charge in [0.1, 0.15) is 0 Å². The van der Waals surface area contributed by atoms with Crippen molar-refractivity contribution < 1.29 is 0 Å². The molecule has 0 saturated carbocycles. The van der Waals surface area contributed by atoms with Crippen LogP contribution in [0.5, 0.6) is 0 Å². The van der Waals surface area contributed by atoms with E-state index in [9.17, 15) is 0 Å². The summed E-state index contributed by atoms with van der Waals surface area (Å²) < 4.78 is 0. The predicted octanol–water partition coefficient (Wildman–Crippen LogP) is 1.50. The van der Waals surface area contributed by atoms with Crippen molar-refractivity contribution in [3.8, 4) is 0 Å². The van der Waals surface area contributed by atoms with Crippen molar-refractivity contribution in [2.24, 2.45) is 0 Å². The van der Waals surface area contributed by atoms with E-state index in [1.807, 2.05) is 12.1 Å². The molecule has 0 fully saturated rings. The second-order valence-corrected chi connectivity index (χ2v) is 2.48. The van der Waals surface area contributed by atoms with Gasteiger partial charge in [-0.15, -0.1) is 9.24 Å². The Balaban J connectivity index is 3.13. The van der Waals surface area contributed by atoms with Gasteiger partial charge >= 0.3 is 0 Å². The molecular weight excluding hydrogens is 115 g/mol. The summed E-state index contributed by atoms with van der Waals surface area (Å²) in [6.45, 7) is 2.10. The van der Waals surface area contributed by atoms with E-state index in [-0.39, 0.29) is 0 Å². The molecule has 0 N–H and O–H groups in total. The first-order valence-electron chi connectivity index (χ1n) is 2.62. The molecule has 0 heterocycles. The van der Waals surface area contributed by atoms with Gasteiger partial charge in [-0.2, -0.15) is 0 Å². The maximum atomic E-state index is 2.69. The summed E-state index contributed by atoms with van der Waals surface area (Å²) in [7, 11) is 2.69. The summed E-state index contributed by atoms with van der Waals surface area (Å²) in [5.74, 6) is 0. The third-order valence-corrected chi connectivity index (χ3v) is 1.84. The van der Waals surface area contributed by atoms with Crippen LogP contribution in [0.4, 0.5) is 0 Å². The van der Waals surface area contributed by atoms with Crippen LogP contribution in [0.25, 0.3) is 0 Å². The van der Waals surface area contributed by atoms with Crippen LogP contribution in [0.3, 0.4) is 0 Å². The lowest BCUT2D eigenvalue weighted by molar-refractivity contribution is 1.52. The Kier molecular flexibility index (Phi) is 1.65. The van der Waals surface area contributed by atoms with Crippen molar-refractivity contribution in [3.63, 3.8) is 0 Å².